The highest BCUT2D eigenvalue weighted by Gasteiger charge is 2.07. The number of carbonyl (C=O) groups excluding carboxylic acids is 1. The van der Waals surface area contributed by atoms with Crippen molar-refractivity contribution < 1.29 is 23.7 Å². The minimum absolute atomic E-state index is 0.0772. The van der Waals surface area contributed by atoms with E-state index in [2.05, 4.69) is 5.32 Å². The van der Waals surface area contributed by atoms with Gasteiger partial charge < -0.3 is 24.3 Å². The molecule has 0 bridgehead atoms. The monoisotopic (exact) mass is 393 g/mol. The molecule has 0 aliphatic heterocycles. The Morgan fingerprint density at radius 1 is 0.793 bits per heavy atom. The molecule has 1 N–H and O–H groups in total. The van der Waals surface area contributed by atoms with Gasteiger partial charge in [-0.25, -0.2) is 0 Å². The lowest BCUT2D eigenvalue weighted by atomic mass is 10.2. The molecule has 3 aromatic carbocycles. The van der Waals surface area contributed by atoms with Crippen LogP contribution in [0.1, 0.15) is 5.56 Å². The van der Waals surface area contributed by atoms with Crippen molar-refractivity contribution in [3.05, 3.63) is 78.4 Å². The van der Waals surface area contributed by atoms with Crippen LogP contribution in [0.3, 0.4) is 0 Å². The zero-order valence-corrected chi connectivity index (χ0v) is 16.4. The van der Waals surface area contributed by atoms with Crippen LogP contribution in [0.25, 0.3) is 0 Å². The molecule has 1 amide bonds. The van der Waals surface area contributed by atoms with E-state index in [1.807, 2.05) is 42.5 Å². The zero-order chi connectivity index (χ0) is 20.5. The summed E-state index contributed by atoms with van der Waals surface area (Å²) in [6.07, 6.45) is 0. The van der Waals surface area contributed by atoms with Crippen LogP contribution in [0.4, 0.5) is 0 Å². The number of para-hydroxylation sites is 1. The number of nitrogens with one attached hydrogen (secondary N) is 1. The van der Waals surface area contributed by atoms with Crippen molar-refractivity contribution in [2.24, 2.45) is 0 Å². The molecule has 150 valence electrons. The van der Waals surface area contributed by atoms with Gasteiger partial charge in [0, 0.05) is 6.54 Å². The molecular weight excluding hydrogens is 370 g/mol. The van der Waals surface area contributed by atoms with Crippen molar-refractivity contribution in [1.29, 1.82) is 0 Å². The molecule has 3 rings (SSSR count). The lowest BCUT2D eigenvalue weighted by molar-refractivity contribution is -0.123. The Hall–Kier alpha value is -3.67. The fraction of sp³-hybridized carbons (Fsp3) is 0.174. The summed E-state index contributed by atoms with van der Waals surface area (Å²) < 4.78 is 21.7. The van der Waals surface area contributed by atoms with Gasteiger partial charge in [0.2, 0.25) is 0 Å². The Kier molecular flexibility index (Phi) is 6.95. The summed E-state index contributed by atoms with van der Waals surface area (Å²) >= 11 is 0. The Morgan fingerprint density at radius 2 is 1.45 bits per heavy atom. The van der Waals surface area contributed by atoms with Gasteiger partial charge in [0.25, 0.3) is 5.91 Å². The van der Waals surface area contributed by atoms with Crippen LogP contribution in [0, 0.1) is 0 Å². The Morgan fingerprint density at radius 3 is 2.14 bits per heavy atom. The lowest BCUT2D eigenvalue weighted by Crippen LogP contribution is -2.28. The highest BCUT2D eigenvalue weighted by Crippen LogP contribution is 2.27. The molecule has 29 heavy (non-hydrogen) atoms. The topological polar surface area (TPSA) is 66.0 Å². The standard InChI is InChI=1S/C23H23NO5/c1-26-21-13-8-17(14-22(21)27-2)15-24-23(25)16-28-18-9-11-20(12-10-18)29-19-6-4-3-5-7-19/h3-14H,15-16H2,1-2H3,(H,24,25). The predicted molar refractivity (Wildman–Crippen MR) is 110 cm³/mol. The summed E-state index contributed by atoms with van der Waals surface area (Å²) in [5.41, 5.74) is 0.901. The second-order valence-electron chi connectivity index (χ2n) is 6.14. The maximum absolute atomic E-state index is 12.1. The molecule has 0 saturated carbocycles. The number of hydrogen-bond donors (Lipinski definition) is 1. The van der Waals surface area contributed by atoms with Gasteiger partial charge in [-0.15, -0.1) is 0 Å². The SMILES string of the molecule is COc1ccc(CNC(=O)COc2ccc(Oc3ccccc3)cc2)cc1OC. The van der Waals surface area contributed by atoms with Crippen LogP contribution in [-0.2, 0) is 11.3 Å². The number of methoxy groups -OCH3 is 2. The average molecular weight is 393 g/mol. The van der Waals surface area contributed by atoms with Gasteiger partial charge >= 0.3 is 0 Å². The van der Waals surface area contributed by atoms with Crippen LogP contribution in [-0.4, -0.2) is 26.7 Å². The lowest BCUT2D eigenvalue weighted by Gasteiger charge is -2.11. The van der Waals surface area contributed by atoms with Crippen molar-refractivity contribution in [2.45, 2.75) is 6.54 Å². The maximum Gasteiger partial charge on any atom is 0.258 e. The summed E-state index contributed by atoms with van der Waals surface area (Å²) in [6.45, 7) is 0.290. The normalized spacial score (nSPS) is 10.1. The van der Waals surface area contributed by atoms with E-state index in [1.165, 1.54) is 0 Å². The van der Waals surface area contributed by atoms with Crippen LogP contribution in [0.2, 0.25) is 0 Å². The van der Waals surface area contributed by atoms with Crippen molar-refractivity contribution in [2.75, 3.05) is 20.8 Å². The highest BCUT2D eigenvalue weighted by molar-refractivity contribution is 5.77. The van der Waals surface area contributed by atoms with Gasteiger partial charge in [0.1, 0.15) is 17.2 Å². The van der Waals surface area contributed by atoms with E-state index >= 15 is 0 Å². The first kappa shape index (κ1) is 20.1. The predicted octanol–water partition coefficient (Wildman–Crippen LogP) is 4.19. The first-order valence-electron chi connectivity index (χ1n) is 9.11. The third kappa shape index (κ3) is 5.90. The molecular formula is C23H23NO5. The summed E-state index contributed by atoms with van der Waals surface area (Å²) in [6, 6.07) is 22.1. The van der Waals surface area contributed by atoms with E-state index in [1.54, 1.807) is 44.6 Å². The quantitative estimate of drug-likeness (QED) is 0.590. The Balaban J connectivity index is 1.45. The molecule has 0 radical (unpaired) electrons. The van der Waals surface area contributed by atoms with Crippen LogP contribution >= 0.6 is 0 Å². The van der Waals surface area contributed by atoms with E-state index in [-0.39, 0.29) is 12.5 Å². The van der Waals surface area contributed by atoms with Crippen molar-refractivity contribution in [3.63, 3.8) is 0 Å². The molecule has 0 aliphatic carbocycles. The number of rotatable bonds is 9. The second-order valence-corrected chi connectivity index (χ2v) is 6.14. The third-order valence-electron chi connectivity index (χ3n) is 4.11. The number of hydrogen-bond acceptors (Lipinski definition) is 5. The summed E-state index contributed by atoms with van der Waals surface area (Å²) in [5, 5.41) is 2.82. The number of carbonyl (C=O) groups is 1. The minimum atomic E-state index is -0.218. The van der Waals surface area contributed by atoms with Gasteiger partial charge in [-0.05, 0) is 54.1 Å². The Bertz CT molecular complexity index is 926. The molecule has 0 spiro atoms. The molecule has 0 heterocycles. The van der Waals surface area contributed by atoms with E-state index in [9.17, 15) is 4.79 Å². The maximum atomic E-state index is 12.1. The van der Waals surface area contributed by atoms with Gasteiger partial charge in [-0.1, -0.05) is 24.3 Å². The Labute approximate surface area is 170 Å². The molecule has 0 fully saturated rings. The van der Waals surface area contributed by atoms with E-state index < -0.39 is 0 Å². The molecule has 6 heteroatoms. The largest absolute Gasteiger partial charge is 0.493 e. The second kappa shape index (κ2) is 10.0. The van der Waals surface area contributed by atoms with Crippen LogP contribution < -0.4 is 24.3 Å². The first-order valence-corrected chi connectivity index (χ1v) is 9.11. The van der Waals surface area contributed by atoms with Gasteiger partial charge in [0.05, 0.1) is 14.2 Å². The number of benzene rings is 3. The smallest absolute Gasteiger partial charge is 0.258 e. The summed E-state index contributed by atoms with van der Waals surface area (Å²) in [5.74, 6) is 3.09. The van der Waals surface area contributed by atoms with Crippen molar-refractivity contribution >= 4 is 5.91 Å². The number of ether oxygens (including phenoxy) is 4. The van der Waals surface area contributed by atoms with Crippen LogP contribution in [0.5, 0.6) is 28.7 Å². The van der Waals surface area contributed by atoms with E-state index in [0.29, 0.717) is 29.5 Å². The highest BCUT2D eigenvalue weighted by atomic mass is 16.5. The molecule has 0 aromatic heterocycles. The molecule has 0 unspecified atom stereocenters. The zero-order valence-electron chi connectivity index (χ0n) is 16.4. The van der Waals surface area contributed by atoms with Crippen molar-refractivity contribution in [3.8, 4) is 28.7 Å². The van der Waals surface area contributed by atoms with Gasteiger partial charge in [0.15, 0.2) is 18.1 Å². The molecule has 0 atom stereocenters. The molecule has 0 saturated heterocycles. The fourth-order valence-electron chi connectivity index (χ4n) is 2.62. The van der Waals surface area contributed by atoms with Gasteiger partial charge in [-0.3, -0.25) is 4.79 Å². The number of amides is 1. The molecule has 3 aromatic rings. The van der Waals surface area contributed by atoms with E-state index in [4.69, 9.17) is 18.9 Å². The minimum Gasteiger partial charge on any atom is -0.493 e. The van der Waals surface area contributed by atoms with E-state index in [0.717, 1.165) is 11.3 Å². The average Bonchev–Trinajstić information content (AvgIpc) is 2.77. The molecule has 6 nitrogen and oxygen atoms in total. The van der Waals surface area contributed by atoms with Crippen molar-refractivity contribution in [1.82, 2.24) is 5.32 Å². The first-order chi connectivity index (χ1) is 14.2. The summed E-state index contributed by atoms with van der Waals surface area (Å²) in [4.78, 5) is 12.1. The molecule has 0 aliphatic rings. The van der Waals surface area contributed by atoms with Crippen LogP contribution in [0.15, 0.2) is 72.8 Å². The summed E-state index contributed by atoms with van der Waals surface area (Å²) in [7, 11) is 3.15. The fourth-order valence-corrected chi connectivity index (χ4v) is 2.62. The third-order valence-corrected chi connectivity index (χ3v) is 4.11. The van der Waals surface area contributed by atoms with Gasteiger partial charge in [-0.2, -0.15) is 0 Å².